The predicted molar refractivity (Wildman–Crippen MR) is 83.5 cm³/mol. The first-order valence-corrected chi connectivity index (χ1v) is 8.53. The number of fused-ring (bicyclic) bond motifs is 1. The topological polar surface area (TPSA) is 61.2 Å². The van der Waals surface area contributed by atoms with Gasteiger partial charge in [-0.25, -0.2) is 17.2 Å². The molecule has 0 N–H and O–H groups in total. The fraction of sp³-hybridized carbons (Fsp3) is 0. The highest BCUT2D eigenvalue weighted by Crippen LogP contribution is 2.40. The fourth-order valence-electron chi connectivity index (χ4n) is 2.25. The van der Waals surface area contributed by atoms with Crippen molar-refractivity contribution in [3.8, 4) is 6.07 Å². The molecule has 0 saturated heterocycles. The third kappa shape index (κ3) is 2.52. The molecule has 0 aliphatic carbocycles. The van der Waals surface area contributed by atoms with Crippen LogP contribution >= 0.6 is 15.9 Å². The van der Waals surface area contributed by atoms with Crippen molar-refractivity contribution in [2.75, 3.05) is 4.90 Å². The van der Waals surface area contributed by atoms with Gasteiger partial charge in [-0.2, -0.15) is 5.26 Å². The standard InChI is InChI=1S/C15H7BrF2N2O2S/c16-9-1-3-13(12(18)5-9)20-8-11(7-19)23(21,22)15-4-2-10(17)6-14(15)20/h1-6,8H. The van der Waals surface area contributed by atoms with Crippen LogP contribution in [-0.4, -0.2) is 8.42 Å². The molecule has 0 fully saturated rings. The first kappa shape index (κ1) is 15.6. The number of nitriles is 1. The van der Waals surface area contributed by atoms with Gasteiger partial charge in [-0.15, -0.1) is 0 Å². The minimum atomic E-state index is -4.05. The maximum Gasteiger partial charge on any atom is 0.220 e. The van der Waals surface area contributed by atoms with Crippen LogP contribution in [0.2, 0.25) is 0 Å². The number of anilines is 2. The summed E-state index contributed by atoms with van der Waals surface area (Å²) in [6.07, 6.45) is 0.990. The largest absolute Gasteiger partial charge is 0.311 e. The van der Waals surface area contributed by atoms with E-state index in [2.05, 4.69) is 15.9 Å². The summed E-state index contributed by atoms with van der Waals surface area (Å²) < 4.78 is 52.9. The Hall–Kier alpha value is -2.24. The van der Waals surface area contributed by atoms with E-state index in [0.29, 0.717) is 4.47 Å². The van der Waals surface area contributed by atoms with Crippen molar-refractivity contribution in [2.45, 2.75) is 4.90 Å². The zero-order valence-electron chi connectivity index (χ0n) is 11.3. The minimum absolute atomic E-state index is 0.00250. The summed E-state index contributed by atoms with van der Waals surface area (Å²) in [6.45, 7) is 0. The van der Waals surface area contributed by atoms with Gasteiger partial charge in [0.15, 0.2) is 4.91 Å². The lowest BCUT2D eigenvalue weighted by Gasteiger charge is -2.27. The number of rotatable bonds is 1. The average molecular weight is 397 g/mol. The molecule has 2 aromatic carbocycles. The molecule has 1 heterocycles. The highest BCUT2D eigenvalue weighted by Gasteiger charge is 2.33. The van der Waals surface area contributed by atoms with Crippen molar-refractivity contribution in [3.05, 3.63) is 63.6 Å². The van der Waals surface area contributed by atoms with Gasteiger partial charge in [0.2, 0.25) is 9.84 Å². The maximum atomic E-state index is 14.2. The second kappa shape index (κ2) is 5.44. The third-order valence-electron chi connectivity index (χ3n) is 3.29. The molecule has 116 valence electrons. The van der Waals surface area contributed by atoms with Gasteiger partial charge in [-0.3, -0.25) is 0 Å². The maximum absolute atomic E-state index is 14.2. The number of hydrogen-bond donors (Lipinski definition) is 0. The number of allylic oxidation sites excluding steroid dienone is 1. The Morgan fingerprint density at radius 2 is 1.83 bits per heavy atom. The van der Waals surface area contributed by atoms with E-state index in [1.807, 2.05) is 0 Å². The van der Waals surface area contributed by atoms with Crippen molar-refractivity contribution in [2.24, 2.45) is 0 Å². The van der Waals surface area contributed by atoms with Crippen LogP contribution in [0.4, 0.5) is 20.2 Å². The molecule has 0 aromatic heterocycles. The van der Waals surface area contributed by atoms with Crippen molar-refractivity contribution in [3.63, 3.8) is 0 Å². The van der Waals surface area contributed by atoms with E-state index in [1.54, 1.807) is 12.1 Å². The average Bonchev–Trinajstić information content (AvgIpc) is 2.48. The molecule has 0 amide bonds. The normalized spacial score (nSPS) is 15.6. The molecule has 0 unspecified atom stereocenters. The van der Waals surface area contributed by atoms with E-state index in [9.17, 15) is 17.2 Å². The Bertz CT molecular complexity index is 997. The molecule has 2 aromatic rings. The molecule has 8 heteroatoms. The second-order valence-corrected chi connectivity index (χ2v) is 7.49. The fourth-order valence-corrected chi connectivity index (χ4v) is 3.86. The summed E-state index contributed by atoms with van der Waals surface area (Å²) in [5.74, 6) is -1.32. The minimum Gasteiger partial charge on any atom is -0.311 e. The van der Waals surface area contributed by atoms with E-state index < -0.39 is 26.4 Å². The Kier molecular flexibility index (Phi) is 3.70. The summed E-state index contributed by atoms with van der Waals surface area (Å²) in [5.41, 5.74) is -0.0482. The van der Waals surface area contributed by atoms with Gasteiger partial charge in [0.1, 0.15) is 17.7 Å². The van der Waals surface area contributed by atoms with Crippen molar-refractivity contribution < 1.29 is 17.2 Å². The van der Waals surface area contributed by atoms with Crippen molar-refractivity contribution >= 4 is 37.1 Å². The number of hydrogen-bond acceptors (Lipinski definition) is 4. The highest BCUT2D eigenvalue weighted by molar-refractivity contribution is 9.10. The van der Waals surface area contributed by atoms with Crippen LogP contribution in [0.5, 0.6) is 0 Å². The smallest absolute Gasteiger partial charge is 0.220 e. The highest BCUT2D eigenvalue weighted by atomic mass is 79.9. The molecule has 1 aliphatic rings. The van der Waals surface area contributed by atoms with E-state index in [4.69, 9.17) is 5.26 Å². The van der Waals surface area contributed by atoms with Crippen molar-refractivity contribution in [1.82, 2.24) is 0 Å². The van der Waals surface area contributed by atoms with E-state index in [1.165, 1.54) is 12.1 Å². The summed E-state index contributed by atoms with van der Waals surface area (Å²) >= 11 is 3.13. The lowest BCUT2D eigenvalue weighted by Crippen LogP contribution is -2.22. The number of sulfone groups is 1. The van der Waals surface area contributed by atoms with Gasteiger partial charge in [0, 0.05) is 10.7 Å². The zero-order valence-corrected chi connectivity index (χ0v) is 13.7. The van der Waals surface area contributed by atoms with Crippen LogP contribution in [0.25, 0.3) is 0 Å². The van der Waals surface area contributed by atoms with E-state index >= 15 is 0 Å². The van der Waals surface area contributed by atoms with Gasteiger partial charge in [0.05, 0.1) is 16.3 Å². The van der Waals surface area contributed by atoms with Gasteiger partial charge in [0.25, 0.3) is 0 Å². The summed E-state index contributed by atoms with van der Waals surface area (Å²) in [5, 5.41) is 9.09. The Balaban J connectivity index is 2.33. The molecule has 0 saturated carbocycles. The third-order valence-corrected chi connectivity index (χ3v) is 5.48. The first-order chi connectivity index (χ1) is 10.8. The molecule has 3 rings (SSSR count). The predicted octanol–water partition coefficient (Wildman–Crippen LogP) is 4.02. The molecule has 23 heavy (non-hydrogen) atoms. The lowest BCUT2D eigenvalue weighted by atomic mass is 10.2. The first-order valence-electron chi connectivity index (χ1n) is 6.25. The SMILES string of the molecule is N#CC1=CN(c2ccc(Br)cc2F)c2cc(F)ccc2S1(=O)=O. The summed E-state index contributed by atoms with van der Waals surface area (Å²) in [7, 11) is -4.05. The zero-order chi connectivity index (χ0) is 16.8. The molecule has 1 aliphatic heterocycles. The van der Waals surface area contributed by atoms with Crippen LogP contribution in [-0.2, 0) is 9.84 Å². The van der Waals surface area contributed by atoms with Crippen molar-refractivity contribution in [1.29, 1.82) is 5.26 Å². The molecule has 0 spiro atoms. The van der Waals surface area contributed by atoms with Crippen LogP contribution < -0.4 is 4.90 Å². The molecular formula is C15H7BrF2N2O2S. The Morgan fingerprint density at radius 3 is 2.48 bits per heavy atom. The van der Waals surface area contributed by atoms with Gasteiger partial charge >= 0.3 is 0 Å². The second-order valence-electron chi connectivity index (χ2n) is 4.69. The Morgan fingerprint density at radius 1 is 1.09 bits per heavy atom. The number of benzene rings is 2. The van der Waals surface area contributed by atoms with E-state index in [0.717, 1.165) is 29.3 Å². The molecule has 4 nitrogen and oxygen atoms in total. The summed E-state index contributed by atoms with van der Waals surface area (Å²) in [6, 6.07) is 8.76. The van der Waals surface area contributed by atoms with Gasteiger partial charge in [-0.05, 0) is 36.4 Å². The van der Waals surface area contributed by atoms with Crippen LogP contribution in [0.3, 0.4) is 0 Å². The molecule has 0 radical (unpaired) electrons. The number of nitrogens with zero attached hydrogens (tertiary/aromatic N) is 2. The molecule has 0 atom stereocenters. The molecule has 0 bridgehead atoms. The molecular weight excluding hydrogens is 390 g/mol. The van der Waals surface area contributed by atoms with Crippen LogP contribution in [0.15, 0.2) is 56.9 Å². The number of halogens is 3. The summed E-state index contributed by atoms with van der Waals surface area (Å²) in [4.78, 5) is 0.360. The quantitative estimate of drug-likeness (QED) is 0.683. The monoisotopic (exact) mass is 396 g/mol. The van der Waals surface area contributed by atoms with Crippen LogP contribution in [0.1, 0.15) is 0 Å². The van der Waals surface area contributed by atoms with E-state index in [-0.39, 0.29) is 16.3 Å². The lowest BCUT2D eigenvalue weighted by molar-refractivity contribution is 0.599. The van der Waals surface area contributed by atoms with Gasteiger partial charge in [-0.1, -0.05) is 15.9 Å². The van der Waals surface area contributed by atoms with Crippen LogP contribution in [0, 0.1) is 23.0 Å². The Labute approximate surface area is 139 Å². The van der Waals surface area contributed by atoms with Gasteiger partial charge < -0.3 is 4.90 Å².